The van der Waals surface area contributed by atoms with E-state index in [0.29, 0.717) is 11.6 Å². The second-order valence-corrected chi connectivity index (χ2v) is 5.13. The third kappa shape index (κ3) is 2.60. The van der Waals surface area contributed by atoms with E-state index in [1.165, 1.54) is 51.6 Å². The molecule has 0 spiro atoms. The molecule has 2 nitrogen and oxygen atoms in total. The molecule has 1 aliphatic rings. The number of rotatable bonds is 7. The molecule has 1 aliphatic heterocycles. The van der Waals surface area contributed by atoms with Crippen molar-refractivity contribution < 1.29 is 0 Å². The molecular formula is C14H30N2. The molecule has 0 aromatic carbocycles. The molecule has 2 heteroatoms. The van der Waals surface area contributed by atoms with Crippen LogP contribution in [0, 0.1) is 0 Å². The zero-order chi connectivity index (χ0) is 12.0. The standard InChI is InChI=1S/C14H30N2/c1-5-10-13(15-4)14(6-2,7-3)16-11-8-9-12-16/h13,15H,5-12H2,1-4H3. The molecule has 0 saturated carbocycles. The van der Waals surface area contributed by atoms with Gasteiger partial charge in [-0.3, -0.25) is 4.90 Å². The minimum absolute atomic E-state index is 0.404. The van der Waals surface area contributed by atoms with Crippen LogP contribution in [0.15, 0.2) is 0 Å². The molecular weight excluding hydrogens is 196 g/mol. The number of hydrogen-bond donors (Lipinski definition) is 1. The third-order valence-corrected chi connectivity index (χ3v) is 4.53. The van der Waals surface area contributed by atoms with E-state index in [-0.39, 0.29) is 0 Å². The zero-order valence-electron chi connectivity index (χ0n) is 11.7. The molecule has 0 aromatic heterocycles. The maximum absolute atomic E-state index is 3.58. The van der Waals surface area contributed by atoms with Gasteiger partial charge in [-0.25, -0.2) is 0 Å². The number of nitrogens with zero attached hydrogens (tertiary/aromatic N) is 1. The van der Waals surface area contributed by atoms with Crippen molar-refractivity contribution in [1.82, 2.24) is 10.2 Å². The van der Waals surface area contributed by atoms with Gasteiger partial charge in [-0.05, 0) is 52.2 Å². The molecule has 0 radical (unpaired) electrons. The monoisotopic (exact) mass is 226 g/mol. The van der Waals surface area contributed by atoms with E-state index in [0.717, 1.165) is 0 Å². The molecule has 0 bridgehead atoms. The summed E-state index contributed by atoms with van der Waals surface area (Å²) in [4.78, 5) is 2.75. The van der Waals surface area contributed by atoms with Crippen molar-refractivity contribution in [3.8, 4) is 0 Å². The van der Waals surface area contributed by atoms with E-state index in [1.807, 2.05) is 0 Å². The fourth-order valence-corrected chi connectivity index (χ4v) is 3.54. The predicted octanol–water partition coefficient (Wildman–Crippen LogP) is 3.03. The number of nitrogens with one attached hydrogen (secondary N) is 1. The van der Waals surface area contributed by atoms with Gasteiger partial charge in [-0.2, -0.15) is 0 Å². The lowest BCUT2D eigenvalue weighted by Gasteiger charge is -2.47. The molecule has 1 atom stereocenters. The maximum atomic E-state index is 3.58. The minimum atomic E-state index is 0.404. The van der Waals surface area contributed by atoms with E-state index in [4.69, 9.17) is 0 Å². The average Bonchev–Trinajstić information content (AvgIpc) is 2.84. The van der Waals surface area contributed by atoms with Crippen LogP contribution in [0.4, 0.5) is 0 Å². The third-order valence-electron chi connectivity index (χ3n) is 4.53. The molecule has 0 aromatic rings. The average molecular weight is 226 g/mol. The quantitative estimate of drug-likeness (QED) is 0.718. The Morgan fingerprint density at radius 1 is 1.12 bits per heavy atom. The fraction of sp³-hybridized carbons (Fsp3) is 1.00. The molecule has 1 saturated heterocycles. The number of hydrogen-bond acceptors (Lipinski definition) is 2. The Morgan fingerprint density at radius 3 is 2.06 bits per heavy atom. The minimum Gasteiger partial charge on any atom is -0.315 e. The summed E-state index contributed by atoms with van der Waals surface area (Å²) in [6.07, 6.45) is 7.91. The Balaban J connectivity index is 2.82. The van der Waals surface area contributed by atoms with Gasteiger partial charge in [-0.1, -0.05) is 27.2 Å². The first-order valence-corrected chi connectivity index (χ1v) is 7.17. The fourth-order valence-electron chi connectivity index (χ4n) is 3.54. The van der Waals surface area contributed by atoms with Gasteiger partial charge in [0.25, 0.3) is 0 Å². The molecule has 96 valence electrons. The van der Waals surface area contributed by atoms with Crippen molar-refractivity contribution in [3.05, 3.63) is 0 Å². The first kappa shape index (κ1) is 14.0. The van der Waals surface area contributed by atoms with Crippen molar-refractivity contribution >= 4 is 0 Å². The smallest absolute Gasteiger partial charge is 0.0357 e. The van der Waals surface area contributed by atoms with Crippen molar-refractivity contribution in [1.29, 1.82) is 0 Å². The second-order valence-electron chi connectivity index (χ2n) is 5.13. The molecule has 1 rings (SSSR count). The summed E-state index contributed by atoms with van der Waals surface area (Å²) in [5.74, 6) is 0. The van der Waals surface area contributed by atoms with Crippen molar-refractivity contribution in [2.24, 2.45) is 0 Å². The van der Waals surface area contributed by atoms with Crippen LogP contribution in [0.1, 0.15) is 59.3 Å². The normalized spacial score (nSPS) is 20.2. The van der Waals surface area contributed by atoms with Crippen LogP contribution < -0.4 is 5.32 Å². The van der Waals surface area contributed by atoms with Gasteiger partial charge in [0.15, 0.2) is 0 Å². The second kappa shape index (κ2) is 6.61. The Labute approximate surface area is 102 Å². The summed E-state index contributed by atoms with van der Waals surface area (Å²) in [6.45, 7) is 9.64. The molecule has 1 heterocycles. The summed E-state index contributed by atoms with van der Waals surface area (Å²) >= 11 is 0. The molecule has 16 heavy (non-hydrogen) atoms. The molecule has 1 fully saturated rings. The summed E-state index contributed by atoms with van der Waals surface area (Å²) in [6, 6.07) is 0.658. The number of likely N-dealkylation sites (N-methyl/N-ethyl adjacent to an activating group) is 1. The van der Waals surface area contributed by atoms with Gasteiger partial charge in [0.2, 0.25) is 0 Å². The highest BCUT2D eigenvalue weighted by atomic mass is 15.2. The lowest BCUT2D eigenvalue weighted by molar-refractivity contribution is 0.0613. The van der Waals surface area contributed by atoms with Crippen LogP contribution in [0.2, 0.25) is 0 Å². The van der Waals surface area contributed by atoms with Crippen molar-refractivity contribution in [3.63, 3.8) is 0 Å². The lowest BCUT2D eigenvalue weighted by Crippen LogP contribution is -2.59. The topological polar surface area (TPSA) is 15.3 Å². The van der Waals surface area contributed by atoms with Crippen LogP contribution >= 0.6 is 0 Å². The Kier molecular flexibility index (Phi) is 5.77. The zero-order valence-corrected chi connectivity index (χ0v) is 11.7. The van der Waals surface area contributed by atoms with Gasteiger partial charge in [0.05, 0.1) is 0 Å². The van der Waals surface area contributed by atoms with Crippen molar-refractivity contribution in [2.45, 2.75) is 70.9 Å². The van der Waals surface area contributed by atoms with E-state index in [9.17, 15) is 0 Å². The highest BCUT2D eigenvalue weighted by Crippen LogP contribution is 2.33. The summed E-state index contributed by atoms with van der Waals surface area (Å²) < 4.78 is 0. The van der Waals surface area contributed by atoms with E-state index >= 15 is 0 Å². The lowest BCUT2D eigenvalue weighted by atomic mass is 9.80. The van der Waals surface area contributed by atoms with Crippen LogP contribution in [-0.2, 0) is 0 Å². The molecule has 1 N–H and O–H groups in total. The predicted molar refractivity (Wildman–Crippen MR) is 71.9 cm³/mol. The Morgan fingerprint density at radius 2 is 1.69 bits per heavy atom. The number of likely N-dealkylation sites (tertiary alicyclic amines) is 1. The van der Waals surface area contributed by atoms with E-state index < -0.39 is 0 Å². The van der Waals surface area contributed by atoms with E-state index in [2.05, 4.69) is 38.0 Å². The largest absolute Gasteiger partial charge is 0.315 e. The first-order valence-electron chi connectivity index (χ1n) is 7.17. The van der Waals surface area contributed by atoms with E-state index in [1.54, 1.807) is 0 Å². The highest BCUT2D eigenvalue weighted by Gasteiger charge is 2.40. The Bertz CT molecular complexity index is 181. The molecule has 0 aliphatic carbocycles. The summed E-state index contributed by atoms with van der Waals surface area (Å²) in [5.41, 5.74) is 0.404. The molecule has 1 unspecified atom stereocenters. The van der Waals surface area contributed by atoms with Gasteiger partial charge in [0.1, 0.15) is 0 Å². The summed E-state index contributed by atoms with van der Waals surface area (Å²) in [5, 5.41) is 3.58. The van der Waals surface area contributed by atoms with Gasteiger partial charge in [0, 0.05) is 11.6 Å². The van der Waals surface area contributed by atoms with Crippen LogP contribution in [0.3, 0.4) is 0 Å². The molecule has 0 amide bonds. The highest BCUT2D eigenvalue weighted by molar-refractivity contribution is 4.99. The van der Waals surface area contributed by atoms with Crippen LogP contribution in [-0.4, -0.2) is 36.6 Å². The van der Waals surface area contributed by atoms with Crippen LogP contribution in [0.25, 0.3) is 0 Å². The first-order chi connectivity index (χ1) is 7.75. The summed E-state index contributed by atoms with van der Waals surface area (Å²) in [7, 11) is 2.14. The van der Waals surface area contributed by atoms with Gasteiger partial charge >= 0.3 is 0 Å². The van der Waals surface area contributed by atoms with Gasteiger partial charge < -0.3 is 5.32 Å². The van der Waals surface area contributed by atoms with Crippen molar-refractivity contribution in [2.75, 3.05) is 20.1 Å². The van der Waals surface area contributed by atoms with Gasteiger partial charge in [-0.15, -0.1) is 0 Å². The SMILES string of the molecule is CCCC(NC)C(CC)(CC)N1CCCC1. The van der Waals surface area contributed by atoms with Crippen LogP contribution in [0.5, 0.6) is 0 Å². The Hall–Kier alpha value is -0.0800. The maximum Gasteiger partial charge on any atom is 0.0357 e.